The summed E-state index contributed by atoms with van der Waals surface area (Å²) in [7, 11) is 0. The minimum atomic E-state index is -0.978. The van der Waals surface area contributed by atoms with Gasteiger partial charge in [-0.1, -0.05) is 11.6 Å². The number of anilines is 1. The molecule has 2 amide bonds. The lowest BCUT2D eigenvalue weighted by atomic mass is 10.2. The molecule has 0 spiro atoms. The molecule has 0 saturated heterocycles. The normalized spacial score (nSPS) is 10.1. The van der Waals surface area contributed by atoms with E-state index in [9.17, 15) is 14.4 Å². The molecule has 3 N–H and O–H groups in total. The maximum atomic E-state index is 11.9. The first-order valence-electron chi connectivity index (χ1n) is 8.22. The van der Waals surface area contributed by atoms with E-state index >= 15 is 0 Å². The lowest BCUT2D eigenvalue weighted by molar-refractivity contribution is -0.136. The van der Waals surface area contributed by atoms with Crippen molar-refractivity contribution in [1.82, 2.24) is 5.32 Å². The third kappa shape index (κ3) is 7.37. The molecule has 0 bridgehead atoms. The van der Waals surface area contributed by atoms with Crippen LogP contribution in [0.2, 0.25) is 5.02 Å². The van der Waals surface area contributed by atoms with Gasteiger partial charge in [0.1, 0.15) is 5.75 Å². The van der Waals surface area contributed by atoms with Gasteiger partial charge >= 0.3 is 5.97 Å². The van der Waals surface area contributed by atoms with E-state index in [-0.39, 0.29) is 37.8 Å². The fourth-order valence-corrected chi connectivity index (χ4v) is 2.23. The number of aliphatic carboxylic acids is 1. The van der Waals surface area contributed by atoms with Gasteiger partial charge in [-0.25, -0.2) is 0 Å². The summed E-state index contributed by atoms with van der Waals surface area (Å²) in [5.74, 6) is -0.938. The van der Waals surface area contributed by atoms with Crippen molar-refractivity contribution >= 4 is 35.1 Å². The van der Waals surface area contributed by atoms with Gasteiger partial charge in [-0.3, -0.25) is 14.4 Å². The smallest absolute Gasteiger partial charge is 0.305 e. The van der Waals surface area contributed by atoms with E-state index in [0.29, 0.717) is 22.0 Å². The van der Waals surface area contributed by atoms with E-state index in [0.717, 1.165) is 0 Å². The van der Waals surface area contributed by atoms with Crippen LogP contribution < -0.4 is 15.4 Å². The third-order valence-corrected chi connectivity index (χ3v) is 3.72. The SMILES string of the molecule is O=C(O)CCNC(=O)c1ccc(NC(=O)CCOc2ccc(Cl)cc2)cc1. The molecule has 7 nitrogen and oxygen atoms in total. The van der Waals surface area contributed by atoms with Crippen LogP contribution in [0.25, 0.3) is 0 Å². The molecule has 0 unspecified atom stereocenters. The van der Waals surface area contributed by atoms with Gasteiger partial charge in [0.2, 0.25) is 5.91 Å². The number of carboxylic acid groups (broad SMARTS) is 1. The fourth-order valence-electron chi connectivity index (χ4n) is 2.11. The predicted molar refractivity (Wildman–Crippen MR) is 101 cm³/mol. The maximum Gasteiger partial charge on any atom is 0.305 e. The van der Waals surface area contributed by atoms with Crippen molar-refractivity contribution in [1.29, 1.82) is 0 Å². The van der Waals surface area contributed by atoms with Gasteiger partial charge in [-0.2, -0.15) is 0 Å². The second kappa shape index (κ2) is 10.2. The van der Waals surface area contributed by atoms with E-state index in [2.05, 4.69) is 10.6 Å². The van der Waals surface area contributed by atoms with Crippen molar-refractivity contribution in [3.05, 3.63) is 59.1 Å². The number of carboxylic acids is 1. The van der Waals surface area contributed by atoms with E-state index in [4.69, 9.17) is 21.4 Å². The molecule has 0 aromatic heterocycles. The fraction of sp³-hybridized carbons (Fsp3) is 0.211. The monoisotopic (exact) mass is 390 g/mol. The molecule has 0 atom stereocenters. The molecule has 2 rings (SSSR count). The molecule has 0 aliphatic heterocycles. The van der Waals surface area contributed by atoms with Gasteiger partial charge in [0.15, 0.2) is 0 Å². The molecule has 2 aromatic carbocycles. The largest absolute Gasteiger partial charge is 0.493 e. The van der Waals surface area contributed by atoms with Crippen LogP contribution in [0.3, 0.4) is 0 Å². The lowest BCUT2D eigenvalue weighted by Crippen LogP contribution is -2.25. The Morgan fingerprint density at radius 3 is 2.26 bits per heavy atom. The van der Waals surface area contributed by atoms with Crippen LogP contribution in [0.15, 0.2) is 48.5 Å². The summed E-state index contributed by atoms with van der Waals surface area (Å²) in [5, 5.41) is 14.4. The zero-order chi connectivity index (χ0) is 19.6. The van der Waals surface area contributed by atoms with Crippen molar-refractivity contribution in [2.75, 3.05) is 18.5 Å². The van der Waals surface area contributed by atoms with E-state index in [1.54, 1.807) is 48.5 Å². The van der Waals surface area contributed by atoms with Gasteiger partial charge in [0, 0.05) is 22.8 Å². The first-order valence-corrected chi connectivity index (χ1v) is 8.60. The van der Waals surface area contributed by atoms with E-state index in [1.807, 2.05) is 0 Å². The molecule has 2 aromatic rings. The van der Waals surface area contributed by atoms with Crippen LogP contribution in [-0.4, -0.2) is 36.0 Å². The number of carbonyl (C=O) groups excluding carboxylic acids is 2. The predicted octanol–water partition coefficient (Wildman–Crippen LogP) is 2.95. The van der Waals surface area contributed by atoms with Gasteiger partial charge in [-0.05, 0) is 48.5 Å². The summed E-state index contributed by atoms with van der Waals surface area (Å²) < 4.78 is 5.46. The number of rotatable bonds is 9. The second-order valence-corrected chi connectivity index (χ2v) is 6.01. The Hall–Kier alpha value is -3.06. The Bertz CT molecular complexity index is 791. The molecule has 27 heavy (non-hydrogen) atoms. The molecule has 0 heterocycles. The van der Waals surface area contributed by atoms with Crippen LogP contribution in [0.1, 0.15) is 23.2 Å². The van der Waals surface area contributed by atoms with Gasteiger partial charge in [-0.15, -0.1) is 0 Å². The number of carbonyl (C=O) groups is 3. The molecule has 0 radical (unpaired) electrons. The summed E-state index contributed by atoms with van der Waals surface area (Å²) in [6, 6.07) is 13.2. The van der Waals surface area contributed by atoms with E-state index < -0.39 is 5.97 Å². The Morgan fingerprint density at radius 2 is 1.63 bits per heavy atom. The molecule has 8 heteroatoms. The van der Waals surface area contributed by atoms with Crippen LogP contribution >= 0.6 is 11.6 Å². The third-order valence-electron chi connectivity index (χ3n) is 3.47. The highest BCUT2D eigenvalue weighted by atomic mass is 35.5. The molecule has 0 saturated carbocycles. The minimum Gasteiger partial charge on any atom is -0.493 e. The highest BCUT2D eigenvalue weighted by Crippen LogP contribution is 2.16. The first-order chi connectivity index (χ1) is 12.9. The molecule has 0 aliphatic carbocycles. The summed E-state index contributed by atoms with van der Waals surface area (Å²) in [5.41, 5.74) is 0.929. The van der Waals surface area contributed by atoms with Crippen LogP contribution in [0, 0.1) is 0 Å². The van der Waals surface area contributed by atoms with Crippen LogP contribution in [0.5, 0.6) is 5.75 Å². The standard InChI is InChI=1S/C19H19ClN2O5/c20-14-3-7-16(8-4-14)27-12-10-17(23)22-15-5-1-13(2-6-15)19(26)21-11-9-18(24)25/h1-8H,9-12H2,(H,21,26)(H,22,23)(H,24,25). The van der Waals surface area contributed by atoms with Crippen LogP contribution in [0.4, 0.5) is 5.69 Å². The zero-order valence-corrected chi connectivity index (χ0v) is 15.2. The highest BCUT2D eigenvalue weighted by molar-refractivity contribution is 6.30. The minimum absolute atomic E-state index is 0.0558. The summed E-state index contributed by atoms with van der Waals surface area (Å²) in [6.07, 6.45) is 0.0258. The number of nitrogens with one attached hydrogen (secondary N) is 2. The second-order valence-electron chi connectivity index (χ2n) is 5.58. The van der Waals surface area contributed by atoms with E-state index in [1.165, 1.54) is 0 Å². The van der Waals surface area contributed by atoms with Crippen molar-refractivity contribution in [2.45, 2.75) is 12.8 Å². The average molecular weight is 391 g/mol. The number of ether oxygens (including phenoxy) is 1. The van der Waals surface area contributed by atoms with Crippen molar-refractivity contribution < 1.29 is 24.2 Å². The average Bonchev–Trinajstić information content (AvgIpc) is 2.63. The molecule has 0 fully saturated rings. The number of hydrogen-bond acceptors (Lipinski definition) is 4. The zero-order valence-electron chi connectivity index (χ0n) is 14.4. The van der Waals surface area contributed by atoms with Gasteiger partial charge in [0.05, 0.1) is 19.4 Å². The number of amides is 2. The first kappa shape index (κ1) is 20.3. The maximum absolute atomic E-state index is 11.9. The Labute approximate surface area is 161 Å². The van der Waals surface area contributed by atoms with Crippen LogP contribution in [-0.2, 0) is 9.59 Å². The lowest BCUT2D eigenvalue weighted by Gasteiger charge is -2.08. The summed E-state index contributed by atoms with van der Waals surface area (Å²) >= 11 is 5.79. The topological polar surface area (TPSA) is 105 Å². The van der Waals surface area contributed by atoms with Crippen molar-refractivity contribution in [3.63, 3.8) is 0 Å². The Kier molecular flexibility index (Phi) is 7.63. The quantitative estimate of drug-likeness (QED) is 0.610. The number of benzene rings is 2. The highest BCUT2D eigenvalue weighted by Gasteiger charge is 2.07. The number of hydrogen-bond donors (Lipinski definition) is 3. The van der Waals surface area contributed by atoms with Gasteiger partial charge < -0.3 is 20.5 Å². The molecule has 142 valence electrons. The van der Waals surface area contributed by atoms with Crippen molar-refractivity contribution in [3.8, 4) is 5.75 Å². The molecular formula is C19H19ClN2O5. The Morgan fingerprint density at radius 1 is 0.963 bits per heavy atom. The van der Waals surface area contributed by atoms with Crippen molar-refractivity contribution in [2.24, 2.45) is 0 Å². The Balaban J connectivity index is 1.74. The summed E-state index contributed by atoms with van der Waals surface area (Å²) in [6.45, 7) is 0.276. The molecule has 0 aliphatic rings. The number of halogens is 1. The molecular weight excluding hydrogens is 372 g/mol. The summed E-state index contributed by atoms with van der Waals surface area (Å²) in [4.78, 5) is 34.2. The van der Waals surface area contributed by atoms with Gasteiger partial charge in [0.25, 0.3) is 5.91 Å².